The normalized spacial score (nSPS) is 30.8. The summed E-state index contributed by atoms with van der Waals surface area (Å²) < 4.78 is 60.5. The Bertz CT molecular complexity index is 3190. The minimum atomic E-state index is -4.53. The maximum absolute atomic E-state index is 15.8. The molecule has 0 radical (unpaired) electrons. The highest BCUT2D eigenvalue weighted by molar-refractivity contribution is 6.01. The Hall–Kier alpha value is -6.95. The van der Waals surface area contributed by atoms with Crippen LogP contribution in [0.25, 0.3) is 0 Å². The van der Waals surface area contributed by atoms with Crippen LogP contribution in [0.15, 0.2) is 12.2 Å². The zero-order valence-electron chi connectivity index (χ0n) is 68.0. The van der Waals surface area contributed by atoms with E-state index in [1.807, 2.05) is 54.5 Å². The number of amides is 12. The van der Waals surface area contributed by atoms with Crippen LogP contribution in [0.5, 0.6) is 0 Å². The molecule has 612 valence electrons. The topological polar surface area (TPSA) is 298 Å². The fourth-order valence-electron chi connectivity index (χ4n) is 16.9. The molecule has 27 nitrogen and oxygen atoms in total. The summed E-state index contributed by atoms with van der Waals surface area (Å²) in [6.07, 6.45) is 1.33. The van der Waals surface area contributed by atoms with E-state index in [-0.39, 0.29) is 109 Å². The molecular weight excluding hydrogens is 1400 g/mol. The number of ether oxygens (including phenoxy) is 3. The van der Waals surface area contributed by atoms with Crippen molar-refractivity contribution in [1.29, 1.82) is 0 Å². The second-order valence-electron chi connectivity index (χ2n) is 34.1. The maximum Gasteiger partial charge on any atom is 0.394 e. The highest BCUT2D eigenvalue weighted by atomic mass is 19.4. The first-order valence-corrected chi connectivity index (χ1v) is 39.2. The quantitative estimate of drug-likeness (QED) is 0.122. The summed E-state index contributed by atoms with van der Waals surface area (Å²) in [5.74, 6) is -10.6. The first-order valence-electron chi connectivity index (χ1n) is 39.2. The van der Waals surface area contributed by atoms with E-state index >= 15 is 28.8 Å². The predicted molar refractivity (Wildman–Crippen MR) is 399 cm³/mol. The summed E-state index contributed by atoms with van der Waals surface area (Å²) in [5, 5.41) is 8.80. The van der Waals surface area contributed by atoms with Crippen molar-refractivity contribution in [2.45, 2.75) is 263 Å². The van der Waals surface area contributed by atoms with Gasteiger partial charge in [0, 0.05) is 96.2 Å². The SMILES string of the molecule is CCCOC[C@H]1C(=O)N[C@@H]([C@@H](C)CC)C(=O)N(C)CC(=O)N(C)[C@H]2C/C=C\CCN(C2=O)[C@@H](CC2CCC(C)CC2)C(=O)N(C)CC(=O)N[C@@H](CCC2CCC(C(F)(F)F)C(OC)C2)C(=O)N2C[C@H](OCC)C[C@H]2C(=O)NC2(CC(C)(C)C2)C(=O)N(C)[C@@H](CC(C)(C)C)C(=O)N(C)[C@H](C(=O)N(C)C)CC(=O)N1C. The summed E-state index contributed by atoms with van der Waals surface area (Å²) in [7, 11) is 12.5. The number of methoxy groups -OCH3 is 1. The molecule has 30 heteroatoms. The Morgan fingerprint density at radius 2 is 1.33 bits per heavy atom. The smallest absolute Gasteiger partial charge is 0.381 e. The lowest BCUT2D eigenvalue weighted by Crippen LogP contribution is -2.71. The van der Waals surface area contributed by atoms with Gasteiger partial charge in [-0.3, -0.25) is 57.5 Å². The van der Waals surface area contributed by atoms with Gasteiger partial charge in [-0.25, -0.2) is 0 Å². The van der Waals surface area contributed by atoms with Crippen molar-refractivity contribution in [3.63, 3.8) is 0 Å². The average molecular weight is 1530 g/mol. The second kappa shape index (κ2) is 38.8. The van der Waals surface area contributed by atoms with Gasteiger partial charge in [-0.15, -0.1) is 0 Å². The molecule has 6 rings (SSSR count). The predicted octanol–water partition coefficient (Wildman–Crippen LogP) is 5.80. The molecule has 2 bridgehead atoms. The lowest BCUT2D eigenvalue weighted by molar-refractivity contribution is -0.215. The molecule has 3 aliphatic heterocycles. The first-order chi connectivity index (χ1) is 50.4. The number of nitrogens with one attached hydrogen (secondary N) is 3. The van der Waals surface area contributed by atoms with E-state index in [4.69, 9.17) is 14.2 Å². The van der Waals surface area contributed by atoms with E-state index in [0.29, 0.717) is 25.2 Å². The number of hydrogen-bond donors (Lipinski definition) is 3. The molecule has 6 aliphatic rings. The molecule has 0 aromatic rings. The molecule has 5 fully saturated rings. The van der Waals surface area contributed by atoms with Crippen LogP contribution in [0.1, 0.15) is 191 Å². The van der Waals surface area contributed by atoms with Crippen molar-refractivity contribution in [3.8, 4) is 0 Å². The first kappa shape index (κ1) is 89.9. The summed E-state index contributed by atoms with van der Waals surface area (Å²) >= 11 is 0. The number of halogens is 3. The molecule has 108 heavy (non-hydrogen) atoms. The Kier molecular flexibility index (Phi) is 32.3. The molecule has 1 spiro atoms. The van der Waals surface area contributed by atoms with E-state index < -0.39 is 191 Å². The van der Waals surface area contributed by atoms with E-state index in [1.54, 1.807) is 19.9 Å². The van der Waals surface area contributed by atoms with Gasteiger partial charge in [0.05, 0.1) is 44.2 Å². The zero-order chi connectivity index (χ0) is 80.8. The van der Waals surface area contributed by atoms with Gasteiger partial charge in [0.25, 0.3) is 0 Å². The molecule has 13 atom stereocenters. The molecule has 3 N–H and O–H groups in total. The molecule has 3 saturated carbocycles. The van der Waals surface area contributed by atoms with Crippen LogP contribution in [-0.4, -0.2) is 297 Å². The molecule has 3 unspecified atom stereocenters. The summed E-state index contributed by atoms with van der Waals surface area (Å²) in [6, 6.07) is -10.6. The Morgan fingerprint density at radius 1 is 0.694 bits per heavy atom. The second-order valence-corrected chi connectivity index (χ2v) is 34.1. The van der Waals surface area contributed by atoms with Gasteiger partial charge in [0.15, 0.2) is 0 Å². The van der Waals surface area contributed by atoms with Crippen LogP contribution in [0.2, 0.25) is 0 Å². The van der Waals surface area contributed by atoms with Crippen molar-refractivity contribution in [2.75, 3.05) is 109 Å². The highest BCUT2D eigenvalue weighted by Crippen LogP contribution is 2.50. The number of alkyl halides is 3. The van der Waals surface area contributed by atoms with Gasteiger partial charge in [0.1, 0.15) is 53.9 Å². The average Bonchev–Trinajstić information content (AvgIpc) is 0.894. The number of carbonyl (C=O) groups excluding carboxylic acids is 12. The van der Waals surface area contributed by atoms with Crippen LogP contribution in [0.3, 0.4) is 0 Å². The van der Waals surface area contributed by atoms with Crippen molar-refractivity contribution >= 4 is 70.9 Å². The van der Waals surface area contributed by atoms with Crippen molar-refractivity contribution in [3.05, 3.63) is 12.2 Å². The van der Waals surface area contributed by atoms with Gasteiger partial charge in [0.2, 0.25) is 70.9 Å². The number of carbonyl (C=O) groups is 12. The summed E-state index contributed by atoms with van der Waals surface area (Å²) in [6.45, 7) is 17.4. The maximum atomic E-state index is 15.8. The van der Waals surface area contributed by atoms with Crippen molar-refractivity contribution in [2.24, 2.45) is 40.4 Å². The van der Waals surface area contributed by atoms with Crippen LogP contribution in [0, 0.1) is 40.4 Å². The minimum absolute atomic E-state index is 0.00273. The molecule has 0 aromatic carbocycles. The van der Waals surface area contributed by atoms with Gasteiger partial charge >= 0.3 is 6.18 Å². The molecule has 12 amide bonds. The van der Waals surface area contributed by atoms with Crippen LogP contribution in [-0.2, 0) is 71.7 Å². The zero-order valence-corrected chi connectivity index (χ0v) is 68.0. The summed E-state index contributed by atoms with van der Waals surface area (Å²) in [5.41, 5.74) is -2.92. The lowest BCUT2D eigenvalue weighted by atomic mass is 9.58. The number of rotatable bonds is 16. The Morgan fingerprint density at radius 3 is 1.92 bits per heavy atom. The molecular formula is C78H129F3N12O15. The number of fused-ring (bicyclic) bond motifs is 3. The minimum Gasteiger partial charge on any atom is -0.381 e. The largest absolute Gasteiger partial charge is 0.394 e. The fourth-order valence-corrected chi connectivity index (χ4v) is 16.9. The molecule has 3 aliphatic carbocycles. The highest BCUT2D eigenvalue weighted by Gasteiger charge is 2.59. The Balaban J connectivity index is 1.50. The fraction of sp³-hybridized carbons (Fsp3) is 0.821. The van der Waals surface area contributed by atoms with Crippen LogP contribution >= 0.6 is 0 Å². The number of likely N-dealkylation sites (N-methyl/N-ethyl adjacent to an activating group) is 7. The van der Waals surface area contributed by atoms with Crippen LogP contribution < -0.4 is 16.0 Å². The van der Waals surface area contributed by atoms with Gasteiger partial charge < -0.3 is 74.3 Å². The number of nitrogens with zero attached hydrogens (tertiary/aromatic N) is 9. The van der Waals surface area contributed by atoms with Crippen molar-refractivity contribution < 1.29 is 84.9 Å². The van der Waals surface area contributed by atoms with E-state index in [2.05, 4.69) is 22.9 Å². The lowest BCUT2D eigenvalue weighted by Gasteiger charge is -2.54. The third-order valence-corrected chi connectivity index (χ3v) is 23.4. The Labute approximate surface area is 638 Å². The molecule has 2 saturated heterocycles. The third-order valence-electron chi connectivity index (χ3n) is 23.4. The van der Waals surface area contributed by atoms with Gasteiger partial charge in [-0.05, 0) is 118 Å². The van der Waals surface area contributed by atoms with Crippen molar-refractivity contribution in [1.82, 2.24) is 60.0 Å². The van der Waals surface area contributed by atoms with Gasteiger partial charge in [-0.1, -0.05) is 107 Å². The third kappa shape index (κ3) is 23.1. The van der Waals surface area contributed by atoms with E-state index in [1.165, 1.54) is 92.9 Å². The standard InChI is InChI=1S/C78H129F3N12O15/c1-20-36-107-45-60-66(97)83-65(49(5)21-2)73(104)87(14)44-64(96)88(15)55-26-24-23-25-35-92(72(55)103)58(37-50-29-27-48(4)28-30-50)70(101)86(13)43-62(94)82-54(34-32-51-31-33-53(78(79,80)81)61(38-51)106-19)68(99)93-42-52(108-22-3)39-56(93)67(98)84-77(46-76(9,10)47-77)74(105)91(18)59(41-75(6,7)8)71(102)90(17)57(69(100)85(11)12)40-63(95)89(60)16/h23-24,48-61,65H,20-22,25-47H2,1-19H3,(H,82,94)(H,83,97)(H,84,98)/b24-23-/t48?,49-,50?,51?,52+,53?,54-,55-,56-,57-,58-,59-,60-,61?,65-/m0/s1. The van der Waals surface area contributed by atoms with Crippen LogP contribution in [0.4, 0.5) is 13.2 Å². The van der Waals surface area contributed by atoms with E-state index in [9.17, 15) is 41.9 Å². The molecule has 0 aromatic heterocycles. The molecule has 3 heterocycles. The van der Waals surface area contributed by atoms with Gasteiger partial charge in [-0.2, -0.15) is 13.2 Å². The van der Waals surface area contributed by atoms with E-state index in [0.717, 1.165) is 40.4 Å². The number of hydrogen-bond acceptors (Lipinski definition) is 15. The summed E-state index contributed by atoms with van der Waals surface area (Å²) in [4.78, 5) is 194. The monoisotopic (exact) mass is 1530 g/mol.